The minimum Gasteiger partial charge on any atom is -0.462 e. The van der Waals surface area contributed by atoms with E-state index in [2.05, 4.69) is 10.1 Å². The molecule has 160 valence electrons. The molecule has 0 radical (unpaired) electrons. The number of aromatic amines is 1. The third-order valence-electron chi connectivity index (χ3n) is 4.33. The van der Waals surface area contributed by atoms with Gasteiger partial charge >= 0.3 is 5.97 Å². The number of nitriles is 1. The highest BCUT2D eigenvalue weighted by molar-refractivity contribution is 7.18. The quantitative estimate of drug-likeness (QED) is 0.366. The molecule has 0 amide bonds. The summed E-state index contributed by atoms with van der Waals surface area (Å²) in [5.41, 5.74) is 1.31. The Labute approximate surface area is 196 Å². The molecule has 3 aromatic rings. The lowest BCUT2D eigenvalue weighted by Crippen LogP contribution is -2.18. The van der Waals surface area contributed by atoms with Crippen LogP contribution in [0.4, 0.5) is 5.00 Å². The second-order valence-electron chi connectivity index (χ2n) is 6.34. The first-order chi connectivity index (χ1) is 14.7. The Hall–Kier alpha value is -2.57. The van der Waals surface area contributed by atoms with Gasteiger partial charge in [-0.1, -0.05) is 34.8 Å². The van der Waals surface area contributed by atoms with Crippen molar-refractivity contribution in [1.82, 2.24) is 9.78 Å². The fourth-order valence-corrected chi connectivity index (χ4v) is 4.84. The molecule has 7 nitrogen and oxygen atoms in total. The summed E-state index contributed by atoms with van der Waals surface area (Å²) in [7, 11) is 0. The number of nitrogens with one attached hydrogen (secondary N) is 1. The van der Waals surface area contributed by atoms with Crippen LogP contribution in [0.15, 0.2) is 21.9 Å². The number of nitrogens with zero attached hydrogens (tertiary/aromatic N) is 3. The highest BCUT2D eigenvalue weighted by Gasteiger charge is 2.21. The Morgan fingerprint density at radius 2 is 1.97 bits per heavy atom. The van der Waals surface area contributed by atoms with E-state index >= 15 is 0 Å². The number of hydrogen-bond acceptors (Lipinski definition) is 6. The van der Waals surface area contributed by atoms with Gasteiger partial charge in [-0.25, -0.2) is 14.5 Å². The summed E-state index contributed by atoms with van der Waals surface area (Å²) in [6, 6.07) is 5.00. The minimum absolute atomic E-state index is 0.198. The molecule has 3 rings (SSSR count). The molecule has 0 aliphatic heterocycles. The zero-order valence-corrected chi connectivity index (χ0v) is 19.6. The van der Waals surface area contributed by atoms with Gasteiger partial charge in [0.1, 0.15) is 21.6 Å². The van der Waals surface area contributed by atoms with Crippen LogP contribution >= 0.6 is 46.1 Å². The normalized spacial score (nSPS) is 11.1. The van der Waals surface area contributed by atoms with Crippen molar-refractivity contribution >= 4 is 63.3 Å². The standard InChI is InChI=1S/C20H15Cl3N4O3S/c1-4-30-20(29)17-9(2)12(7-24)18(31-17)25-8-13-10(3)26-27(19(13)28)16-14(22)5-11(21)6-15(16)23/h5-6,8,26H,4H2,1-3H3. The second kappa shape index (κ2) is 9.28. The second-order valence-corrected chi connectivity index (χ2v) is 8.59. The van der Waals surface area contributed by atoms with Gasteiger partial charge in [0.05, 0.1) is 27.8 Å². The Balaban J connectivity index is 2.06. The van der Waals surface area contributed by atoms with Crippen molar-refractivity contribution in [3.8, 4) is 11.8 Å². The molecule has 2 aromatic heterocycles. The van der Waals surface area contributed by atoms with Crippen molar-refractivity contribution in [3.63, 3.8) is 0 Å². The number of H-pyrrole nitrogens is 1. The summed E-state index contributed by atoms with van der Waals surface area (Å²) in [5, 5.41) is 13.4. The van der Waals surface area contributed by atoms with Crippen LogP contribution in [0.5, 0.6) is 0 Å². The van der Waals surface area contributed by atoms with E-state index in [1.54, 1.807) is 20.8 Å². The highest BCUT2D eigenvalue weighted by atomic mass is 35.5. The average Bonchev–Trinajstić information content (AvgIpc) is 3.15. The number of esters is 1. The smallest absolute Gasteiger partial charge is 0.348 e. The third kappa shape index (κ3) is 4.41. The summed E-state index contributed by atoms with van der Waals surface area (Å²) in [5.74, 6) is -0.518. The fourth-order valence-electron chi connectivity index (χ4n) is 2.85. The molecular formula is C20H15Cl3N4O3S. The fraction of sp³-hybridized carbons (Fsp3) is 0.200. The molecule has 2 heterocycles. The van der Waals surface area contributed by atoms with Crippen molar-refractivity contribution in [2.45, 2.75) is 20.8 Å². The van der Waals surface area contributed by atoms with Crippen molar-refractivity contribution in [2.24, 2.45) is 4.99 Å². The van der Waals surface area contributed by atoms with Gasteiger partial charge in [-0.15, -0.1) is 11.3 Å². The number of ether oxygens (including phenoxy) is 1. The SMILES string of the molecule is CCOC(=O)c1sc(N=Cc2c(C)[nH]n(-c3c(Cl)cc(Cl)cc3Cl)c2=O)c(C#N)c1C. The Morgan fingerprint density at radius 1 is 1.32 bits per heavy atom. The lowest BCUT2D eigenvalue weighted by molar-refractivity contribution is 0.0531. The zero-order valence-electron chi connectivity index (χ0n) is 16.5. The number of benzene rings is 1. The van der Waals surface area contributed by atoms with Gasteiger partial charge in [-0.3, -0.25) is 9.89 Å². The first-order valence-corrected chi connectivity index (χ1v) is 10.9. The van der Waals surface area contributed by atoms with Gasteiger partial charge in [0.15, 0.2) is 0 Å². The number of aliphatic imine (C=N–C) groups is 1. The molecule has 0 unspecified atom stereocenters. The predicted octanol–water partition coefficient (Wildman–Crippen LogP) is 5.60. The average molecular weight is 498 g/mol. The molecule has 0 aliphatic carbocycles. The number of thiophene rings is 1. The van der Waals surface area contributed by atoms with Crippen molar-refractivity contribution in [1.29, 1.82) is 5.26 Å². The molecule has 11 heteroatoms. The topological polar surface area (TPSA) is 100 Å². The Morgan fingerprint density at radius 3 is 2.55 bits per heavy atom. The Kier molecular flexibility index (Phi) is 6.92. The summed E-state index contributed by atoms with van der Waals surface area (Å²) in [4.78, 5) is 29.7. The molecule has 0 atom stereocenters. The first-order valence-electron chi connectivity index (χ1n) is 8.90. The maximum absolute atomic E-state index is 13.0. The van der Waals surface area contributed by atoms with Gasteiger partial charge in [0.2, 0.25) is 0 Å². The molecule has 0 aliphatic rings. The first kappa shape index (κ1) is 23.1. The van der Waals surface area contributed by atoms with E-state index in [1.165, 1.54) is 23.0 Å². The third-order valence-corrected chi connectivity index (χ3v) is 6.31. The lowest BCUT2D eigenvalue weighted by Gasteiger charge is -2.07. The molecule has 0 bridgehead atoms. The molecule has 1 N–H and O–H groups in total. The molecule has 0 fully saturated rings. The van der Waals surface area contributed by atoms with Gasteiger partial charge in [-0.2, -0.15) is 5.26 Å². The van der Waals surface area contributed by atoms with Crippen LogP contribution in [0.2, 0.25) is 15.1 Å². The van der Waals surface area contributed by atoms with Gasteiger partial charge in [-0.05, 0) is 38.5 Å². The number of aromatic nitrogens is 2. The summed E-state index contributed by atoms with van der Waals surface area (Å²) in [6.45, 7) is 5.25. The van der Waals surface area contributed by atoms with E-state index in [0.29, 0.717) is 26.2 Å². The molecule has 0 spiro atoms. The molecule has 0 saturated heterocycles. The zero-order chi connectivity index (χ0) is 22.9. The monoisotopic (exact) mass is 496 g/mol. The van der Waals surface area contributed by atoms with Gasteiger partial charge in [0, 0.05) is 16.9 Å². The van der Waals surface area contributed by atoms with E-state index in [0.717, 1.165) is 11.3 Å². The maximum atomic E-state index is 13.0. The minimum atomic E-state index is -0.518. The number of halogens is 3. The number of carbonyl (C=O) groups is 1. The van der Waals surface area contributed by atoms with Crippen LogP contribution in [-0.2, 0) is 4.74 Å². The number of aryl methyl sites for hydroxylation is 1. The van der Waals surface area contributed by atoms with Gasteiger partial charge in [0.25, 0.3) is 5.56 Å². The summed E-state index contributed by atoms with van der Waals surface area (Å²) >= 11 is 19.4. The maximum Gasteiger partial charge on any atom is 0.348 e. The van der Waals surface area contributed by atoms with Crippen LogP contribution < -0.4 is 5.56 Å². The number of carbonyl (C=O) groups excluding carboxylic acids is 1. The van der Waals surface area contributed by atoms with Crippen LogP contribution in [0, 0.1) is 25.2 Å². The highest BCUT2D eigenvalue weighted by Crippen LogP contribution is 2.35. The van der Waals surface area contributed by atoms with Crippen LogP contribution in [0.1, 0.15) is 39.0 Å². The van der Waals surface area contributed by atoms with Gasteiger partial charge < -0.3 is 4.74 Å². The molecular weight excluding hydrogens is 483 g/mol. The van der Waals surface area contributed by atoms with Crippen LogP contribution in [0.3, 0.4) is 0 Å². The number of hydrogen-bond donors (Lipinski definition) is 1. The van der Waals surface area contributed by atoms with E-state index in [1.807, 2.05) is 6.07 Å². The summed E-state index contributed by atoms with van der Waals surface area (Å²) < 4.78 is 6.22. The van der Waals surface area contributed by atoms with Crippen molar-refractivity contribution in [3.05, 3.63) is 64.8 Å². The predicted molar refractivity (Wildman–Crippen MR) is 123 cm³/mol. The molecule has 0 saturated carbocycles. The largest absolute Gasteiger partial charge is 0.462 e. The molecule has 31 heavy (non-hydrogen) atoms. The van der Waals surface area contributed by atoms with Crippen LogP contribution in [0.25, 0.3) is 5.69 Å². The molecule has 1 aromatic carbocycles. The van der Waals surface area contributed by atoms with E-state index in [9.17, 15) is 14.9 Å². The Bertz CT molecular complexity index is 1290. The van der Waals surface area contributed by atoms with Crippen LogP contribution in [-0.4, -0.2) is 28.6 Å². The van der Waals surface area contributed by atoms with E-state index in [4.69, 9.17) is 39.5 Å². The summed E-state index contributed by atoms with van der Waals surface area (Å²) in [6.07, 6.45) is 1.34. The van der Waals surface area contributed by atoms with E-state index < -0.39 is 11.5 Å². The number of rotatable bonds is 5. The van der Waals surface area contributed by atoms with Crippen molar-refractivity contribution < 1.29 is 9.53 Å². The van der Waals surface area contributed by atoms with Crippen molar-refractivity contribution in [2.75, 3.05) is 6.61 Å². The van der Waals surface area contributed by atoms with E-state index in [-0.39, 0.29) is 33.5 Å². The lowest BCUT2D eigenvalue weighted by atomic mass is 10.2.